The molecule has 0 saturated carbocycles. The van der Waals surface area contributed by atoms with Gasteiger partial charge in [-0.3, -0.25) is 4.79 Å². The van der Waals surface area contributed by atoms with Crippen molar-refractivity contribution in [1.82, 2.24) is 0 Å². The Bertz CT molecular complexity index is 506. The van der Waals surface area contributed by atoms with Gasteiger partial charge in [-0.25, -0.2) is 0 Å². The molecule has 0 bridgehead atoms. The van der Waals surface area contributed by atoms with Crippen LogP contribution in [0.25, 0.3) is 10.4 Å². The van der Waals surface area contributed by atoms with Gasteiger partial charge in [-0.2, -0.15) is 0 Å². The SMILES string of the molecule is O=C(O)Cc1c(Cl)cccc1-c1cccs1. The van der Waals surface area contributed by atoms with Crippen molar-refractivity contribution in [1.29, 1.82) is 0 Å². The predicted molar refractivity (Wildman–Crippen MR) is 66.1 cm³/mol. The van der Waals surface area contributed by atoms with Crippen molar-refractivity contribution in [2.75, 3.05) is 0 Å². The molecule has 4 heteroatoms. The summed E-state index contributed by atoms with van der Waals surface area (Å²) in [6.07, 6.45) is -0.0487. The van der Waals surface area contributed by atoms with Crippen molar-refractivity contribution in [2.45, 2.75) is 6.42 Å². The Labute approximate surface area is 102 Å². The first-order valence-corrected chi connectivity index (χ1v) is 5.97. The third-order valence-electron chi connectivity index (χ3n) is 2.23. The van der Waals surface area contributed by atoms with Gasteiger partial charge in [0, 0.05) is 9.90 Å². The minimum atomic E-state index is -0.870. The predicted octanol–water partition coefficient (Wildman–Crippen LogP) is 3.70. The molecule has 2 nitrogen and oxygen atoms in total. The van der Waals surface area contributed by atoms with Gasteiger partial charge in [0.2, 0.25) is 0 Å². The van der Waals surface area contributed by atoms with Gasteiger partial charge in [0.05, 0.1) is 6.42 Å². The number of aliphatic carboxylic acids is 1. The molecule has 2 aromatic rings. The molecule has 0 aliphatic carbocycles. The summed E-state index contributed by atoms with van der Waals surface area (Å²) < 4.78 is 0. The van der Waals surface area contributed by atoms with E-state index < -0.39 is 5.97 Å². The molecule has 0 aliphatic heterocycles. The number of thiophene rings is 1. The van der Waals surface area contributed by atoms with Crippen molar-refractivity contribution < 1.29 is 9.90 Å². The molecular formula is C12H9ClO2S. The van der Waals surface area contributed by atoms with Crippen LogP contribution in [0.3, 0.4) is 0 Å². The monoisotopic (exact) mass is 252 g/mol. The first-order valence-electron chi connectivity index (χ1n) is 4.71. The molecule has 0 spiro atoms. The van der Waals surface area contributed by atoms with Gasteiger partial charge in [0.15, 0.2) is 0 Å². The van der Waals surface area contributed by atoms with Crippen LogP contribution >= 0.6 is 22.9 Å². The lowest BCUT2D eigenvalue weighted by Crippen LogP contribution is -2.02. The van der Waals surface area contributed by atoms with E-state index in [2.05, 4.69) is 0 Å². The Morgan fingerprint density at radius 1 is 1.31 bits per heavy atom. The molecule has 0 fully saturated rings. The number of carboxylic acid groups (broad SMARTS) is 1. The fourth-order valence-electron chi connectivity index (χ4n) is 1.55. The zero-order valence-corrected chi connectivity index (χ0v) is 9.89. The normalized spacial score (nSPS) is 10.3. The van der Waals surface area contributed by atoms with Crippen LogP contribution in [0.4, 0.5) is 0 Å². The molecule has 0 saturated heterocycles. The van der Waals surface area contributed by atoms with E-state index in [-0.39, 0.29) is 6.42 Å². The second-order valence-electron chi connectivity index (χ2n) is 3.31. The highest BCUT2D eigenvalue weighted by molar-refractivity contribution is 7.13. The van der Waals surface area contributed by atoms with Crippen LogP contribution in [0, 0.1) is 0 Å². The first kappa shape index (κ1) is 11.2. The standard InChI is InChI=1S/C12H9ClO2S/c13-10-4-1-3-8(9(10)7-12(14)15)11-5-2-6-16-11/h1-6H,7H2,(H,14,15). The van der Waals surface area contributed by atoms with E-state index in [1.54, 1.807) is 17.4 Å². The average molecular weight is 253 g/mol. The number of hydrogen-bond acceptors (Lipinski definition) is 2. The molecule has 0 atom stereocenters. The number of rotatable bonds is 3. The molecule has 0 amide bonds. The van der Waals surface area contributed by atoms with Crippen LogP contribution in [0.1, 0.15) is 5.56 Å². The van der Waals surface area contributed by atoms with Gasteiger partial charge in [-0.15, -0.1) is 11.3 Å². The van der Waals surface area contributed by atoms with E-state index in [0.29, 0.717) is 10.6 Å². The molecule has 1 N–H and O–H groups in total. The summed E-state index contributed by atoms with van der Waals surface area (Å²) in [5, 5.41) is 11.3. The molecule has 1 aromatic heterocycles. The summed E-state index contributed by atoms with van der Waals surface area (Å²) in [6.45, 7) is 0. The Balaban J connectivity index is 2.52. The van der Waals surface area contributed by atoms with Crippen molar-refractivity contribution >= 4 is 28.9 Å². The maximum absolute atomic E-state index is 10.8. The smallest absolute Gasteiger partial charge is 0.307 e. The minimum absolute atomic E-state index is 0.0487. The van der Waals surface area contributed by atoms with Crippen LogP contribution in [-0.4, -0.2) is 11.1 Å². The molecule has 16 heavy (non-hydrogen) atoms. The second kappa shape index (κ2) is 4.68. The van der Waals surface area contributed by atoms with Crippen LogP contribution in [0.5, 0.6) is 0 Å². The zero-order chi connectivity index (χ0) is 11.5. The number of halogens is 1. The fraction of sp³-hybridized carbons (Fsp3) is 0.0833. The fourth-order valence-corrected chi connectivity index (χ4v) is 2.57. The summed E-state index contributed by atoms with van der Waals surface area (Å²) >= 11 is 7.61. The van der Waals surface area contributed by atoms with Crippen molar-refractivity contribution in [3.63, 3.8) is 0 Å². The highest BCUT2D eigenvalue weighted by Gasteiger charge is 2.12. The molecule has 0 unspecified atom stereocenters. The van der Waals surface area contributed by atoms with Crippen molar-refractivity contribution in [2.24, 2.45) is 0 Å². The van der Waals surface area contributed by atoms with Crippen LogP contribution in [0.2, 0.25) is 5.02 Å². The summed E-state index contributed by atoms with van der Waals surface area (Å²) in [6, 6.07) is 9.35. The van der Waals surface area contributed by atoms with E-state index in [1.807, 2.05) is 29.6 Å². The molecular weight excluding hydrogens is 244 g/mol. The lowest BCUT2D eigenvalue weighted by atomic mass is 10.0. The van der Waals surface area contributed by atoms with Gasteiger partial charge in [-0.05, 0) is 28.6 Å². The van der Waals surface area contributed by atoms with E-state index in [1.165, 1.54) is 0 Å². The molecule has 1 heterocycles. The number of benzene rings is 1. The lowest BCUT2D eigenvalue weighted by Gasteiger charge is -2.07. The van der Waals surface area contributed by atoms with Crippen molar-refractivity contribution in [3.05, 3.63) is 46.3 Å². The van der Waals surface area contributed by atoms with Crippen LogP contribution in [0.15, 0.2) is 35.7 Å². The largest absolute Gasteiger partial charge is 0.481 e. The van der Waals surface area contributed by atoms with E-state index in [0.717, 1.165) is 10.4 Å². The summed E-state index contributed by atoms with van der Waals surface area (Å²) in [5.41, 5.74) is 1.59. The maximum atomic E-state index is 10.8. The topological polar surface area (TPSA) is 37.3 Å². The van der Waals surface area contributed by atoms with Gasteiger partial charge in [0.25, 0.3) is 0 Å². The van der Waals surface area contributed by atoms with Gasteiger partial charge >= 0.3 is 5.97 Å². The lowest BCUT2D eigenvalue weighted by molar-refractivity contribution is -0.136. The maximum Gasteiger partial charge on any atom is 0.307 e. The first-order chi connectivity index (χ1) is 7.68. The second-order valence-corrected chi connectivity index (χ2v) is 4.67. The molecule has 1 aromatic carbocycles. The number of carbonyl (C=O) groups is 1. The number of hydrogen-bond donors (Lipinski definition) is 1. The van der Waals surface area contributed by atoms with E-state index >= 15 is 0 Å². The highest BCUT2D eigenvalue weighted by Crippen LogP contribution is 2.32. The van der Waals surface area contributed by atoms with Crippen LogP contribution < -0.4 is 0 Å². The Hall–Kier alpha value is -1.32. The van der Waals surface area contributed by atoms with Gasteiger partial charge < -0.3 is 5.11 Å². The van der Waals surface area contributed by atoms with Crippen LogP contribution in [-0.2, 0) is 11.2 Å². The number of carboxylic acids is 1. The Kier molecular flexibility index (Phi) is 3.27. The molecule has 2 rings (SSSR count). The van der Waals surface area contributed by atoms with Gasteiger partial charge in [0.1, 0.15) is 0 Å². The summed E-state index contributed by atoms with van der Waals surface area (Å²) in [5.74, 6) is -0.870. The summed E-state index contributed by atoms with van der Waals surface area (Å²) in [4.78, 5) is 11.8. The average Bonchev–Trinajstić information content (AvgIpc) is 2.73. The molecule has 0 aliphatic rings. The quantitative estimate of drug-likeness (QED) is 0.905. The third kappa shape index (κ3) is 2.26. The van der Waals surface area contributed by atoms with Crippen molar-refractivity contribution in [3.8, 4) is 10.4 Å². The third-order valence-corrected chi connectivity index (χ3v) is 3.49. The zero-order valence-electron chi connectivity index (χ0n) is 8.31. The Morgan fingerprint density at radius 2 is 2.12 bits per heavy atom. The molecule has 82 valence electrons. The van der Waals surface area contributed by atoms with E-state index in [4.69, 9.17) is 16.7 Å². The Morgan fingerprint density at radius 3 is 2.75 bits per heavy atom. The highest BCUT2D eigenvalue weighted by atomic mass is 35.5. The molecule has 0 radical (unpaired) electrons. The summed E-state index contributed by atoms with van der Waals surface area (Å²) in [7, 11) is 0. The minimum Gasteiger partial charge on any atom is -0.481 e. The van der Waals surface area contributed by atoms with Gasteiger partial charge in [-0.1, -0.05) is 29.8 Å². The van der Waals surface area contributed by atoms with E-state index in [9.17, 15) is 4.79 Å².